The average molecular weight is 187 g/mol. The van der Waals surface area contributed by atoms with Crippen LogP contribution in [0.4, 0.5) is 11.6 Å². The van der Waals surface area contributed by atoms with Gasteiger partial charge in [-0.2, -0.15) is 5.10 Å². The van der Waals surface area contributed by atoms with Gasteiger partial charge in [0.25, 0.3) is 0 Å². The van der Waals surface area contributed by atoms with E-state index in [0.717, 1.165) is 29.6 Å². The first-order chi connectivity index (χ1) is 6.86. The number of hydrogen-bond acceptors (Lipinski definition) is 5. The maximum atomic E-state index is 5.72. The molecule has 0 spiro atoms. The highest BCUT2D eigenvalue weighted by molar-refractivity contribution is 5.94. The Morgan fingerprint density at radius 1 is 1.29 bits per heavy atom. The first-order valence-corrected chi connectivity index (χ1v) is 4.49. The predicted molar refractivity (Wildman–Crippen MR) is 53.9 cm³/mol. The predicted octanol–water partition coefficient (Wildman–Crippen LogP) is 0.575. The van der Waals surface area contributed by atoms with Crippen molar-refractivity contribution in [2.45, 2.75) is 6.42 Å². The molecule has 70 valence electrons. The van der Waals surface area contributed by atoms with Crippen LogP contribution >= 0.6 is 0 Å². The van der Waals surface area contributed by atoms with Gasteiger partial charge in [-0.3, -0.25) is 0 Å². The Kier molecular flexibility index (Phi) is 1.36. The van der Waals surface area contributed by atoms with Gasteiger partial charge in [-0.15, -0.1) is 5.10 Å². The number of anilines is 2. The first kappa shape index (κ1) is 7.49. The largest absolute Gasteiger partial charge is 0.382 e. The van der Waals surface area contributed by atoms with Crippen molar-refractivity contribution in [2.24, 2.45) is 0 Å². The van der Waals surface area contributed by atoms with Crippen LogP contribution in [0.5, 0.6) is 0 Å². The number of aromatic nitrogens is 3. The second-order valence-corrected chi connectivity index (χ2v) is 3.32. The van der Waals surface area contributed by atoms with Crippen molar-refractivity contribution in [3.8, 4) is 0 Å². The molecule has 0 radical (unpaired) electrons. The summed E-state index contributed by atoms with van der Waals surface area (Å²) in [4.78, 5) is 4.29. The molecule has 1 aliphatic rings. The molecule has 0 aromatic carbocycles. The SMILES string of the molecule is Nc1nncc2c3c(ncc12)NCC3. The zero-order valence-electron chi connectivity index (χ0n) is 7.49. The van der Waals surface area contributed by atoms with Crippen molar-refractivity contribution in [3.05, 3.63) is 18.0 Å². The van der Waals surface area contributed by atoms with E-state index in [0.29, 0.717) is 5.82 Å². The van der Waals surface area contributed by atoms with Crippen LogP contribution in [0.1, 0.15) is 5.56 Å². The van der Waals surface area contributed by atoms with E-state index in [4.69, 9.17) is 5.73 Å². The lowest BCUT2D eigenvalue weighted by atomic mass is 10.1. The van der Waals surface area contributed by atoms with Crippen LogP contribution in [0.25, 0.3) is 10.8 Å². The quantitative estimate of drug-likeness (QED) is 0.630. The molecule has 0 bridgehead atoms. The maximum absolute atomic E-state index is 5.72. The Labute approximate surface area is 80.4 Å². The summed E-state index contributed by atoms with van der Waals surface area (Å²) < 4.78 is 0. The molecule has 0 unspecified atom stereocenters. The normalized spacial score (nSPS) is 14.0. The van der Waals surface area contributed by atoms with E-state index in [1.807, 2.05) is 0 Å². The van der Waals surface area contributed by atoms with E-state index in [9.17, 15) is 0 Å². The molecule has 2 aromatic rings. The molecule has 0 saturated heterocycles. The molecule has 0 amide bonds. The third-order valence-corrected chi connectivity index (χ3v) is 2.52. The van der Waals surface area contributed by atoms with Crippen molar-refractivity contribution in [1.29, 1.82) is 0 Å². The monoisotopic (exact) mass is 187 g/mol. The Balaban J connectivity index is 2.44. The summed E-state index contributed by atoms with van der Waals surface area (Å²) in [6.07, 6.45) is 4.47. The number of fused-ring (bicyclic) bond motifs is 3. The highest BCUT2D eigenvalue weighted by Crippen LogP contribution is 2.28. The van der Waals surface area contributed by atoms with Crippen LogP contribution in [0.2, 0.25) is 0 Å². The van der Waals surface area contributed by atoms with Crippen molar-refractivity contribution in [2.75, 3.05) is 17.6 Å². The second kappa shape index (κ2) is 2.54. The molecular formula is C9H9N5. The molecule has 2 aromatic heterocycles. The molecule has 0 fully saturated rings. The van der Waals surface area contributed by atoms with Gasteiger partial charge in [-0.05, 0) is 6.42 Å². The maximum Gasteiger partial charge on any atom is 0.155 e. The zero-order valence-corrected chi connectivity index (χ0v) is 7.49. The summed E-state index contributed by atoms with van der Waals surface area (Å²) >= 11 is 0. The average Bonchev–Trinajstić information content (AvgIpc) is 2.66. The summed E-state index contributed by atoms with van der Waals surface area (Å²) in [5, 5.41) is 12.8. The number of rotatable bonds is 0. The summed E-state index contributed by atoms with van der Waals surface area (Å²) in [7, 11) is 0. The minimum absolute atomic E-state index is 0.449. The number of hydrogen-bond donors (Lipinski definition) is 2. The van der Waals surface area contributed by atoms with Crippen molar-refractivity contribution in [3.63, 3.8) is 0 Å². The van der Waals surface area contributed by atoms with Crippen LogP contribution in [0.15, 0.2) is 12.4 Å². The number of nitrogens with two attached hydrogens (primary N) is 1. The summed E-state index contributed by atoms with van der Waals surface area (Å²) in [5.41, 5.74) is 6.91. The molecule has 3 heterocycles. The van der Waals surface area contributed by atoms with Crippen LogP contribution in [-0.4, -0.2) is 21.7 Å². The molecule has 0 saturated carbocycles. The molecular weight excluding hydrogens is 178 g/mol. The molecule has 0 aliphatic carbocycles. The lowest BCUT2D eigenvalue weighted by Gasteiger charge is -2.03. The van der Waals surface area contributed by atoms with Crippen LogP contribution < -0.4 is 11.1 Å². The van der Waals surface area contributed by atoms with Gasteiger partial charge in [0.1, 0.15) is 5.82 Å². The summed E-state index contributed by atoms with van der Waals surface area (Å²) in [6, 6.07) is 0. The van der Waals surface area contributed by atoms with E-state index < -0.39 is 0 Å². The van der Waals surface area contributed by atoms with Crippen molar-refractivity contribution in [1.82, 2.24) is 15.2 Å². The van der Waals surface area contributed by atoms with Gasteiger partial charge in [0.05, 0.1) is 6.20 Å². The summed E-state index contributed by atoms with van der Waals surface area (Å²) in [5.74, 6) is 1.40. The minimum Gasteiger partial charge on any atom is -0.382 e. The fraction of sp³-hybridized carbons (Fsp3) is 0.222. The van der Waals surface area contributed by atoms with Crippen molar-refractivity contribution < 1.29 is 0 Å². The third kappa shape index (κ3) is 0.863. The number of pyridine rings is 1. The first-order valence-electron chi connectivity index (χ1n) is 4.49. The van der Waals surface area contributed by atoms with E-state index in [1.165, 1.54) is 5.56 Å². The highest BCUT2D eigenvalue weighted by Gasteiger charge is 2.15. The fourth-order valence-corrected chi connectivity index (χ4v) is 1.83. The Morgan fingerprint density at radius 3 is 3.14 bits per heavy atom. The van der Waals surface area contributed by atoms with E-state index >= 15 is 0 Å². The second-order valence-electron chi connectivity index (χ2n) is 3.32. The minimum atomic E-state index is 0.449. The molecule has 3 N–H and O–H groups in total. The standard InChI is InChI=1S/C9H9N5/c10-8-7-3-12-9-5(1-2-11-9)6(7)4-13-14-8/h3-4H,1-2H2,(H2,10,14)(H,11,12). The molecule has 5 nitrogen and oxygen atoms in total. The smallest absolute Gasteiger partial charge is 0.155 e. The van der Waals surface area contributed by atoms with E-state index in [1.54, 1.807) is 12.4 Å². The Bertz CT molecular complexity index is 508. The lowest BCUT2D eigenvalue weighted by molar-refractivity contribution is 1.05. The van der Waals surface area contributed by atoms with Gasteiger partial charge in [-0.1, -0.05) is 0 Å². The van der Waals surface area contributed by atoms with Crippen LogP contribution in [0, 0.1) is 0 Å². The van der Waals surface area contributed by atoms with E-state index in [-0.39, 0.29) is 0 Å². The highest BCUT2D eigenvalue weighted by atomic mass is 15.1. The van der Waals surface area contributed by atoms with Gasteiger partial charge in [0.15, 0.2) is 5.82 Å². The van der Waals surface area contributed by atoms with Gasteiger partial charge < -0.3 is 11.1 Å². The fourth-order valence-electron chi connectivity index (χ4n) is 1.83. The molecule has 3 rings (SSSR count). The van der Waals surface area contributed by atoms with E-state index in [2.05, 4.69) is 20.5 Å². The lowest BCUT2D eigenvalue weighted by Crippen LogP contribution is -1.97. The number of nitrogens with zero attached hydrogens (tertiary/aromatic N) is 3. The van der Waals surface area contributed by atoms with Crippen molar-refractivity contribution >= 4 is 22.4 Å². The molecule has 1 aliphatic heterocycles. The third-order valence-electron chi connectivity index (χ3n) is 2.52. The molecule has 0 atom stereocenters. The number of nitrogens with one attached hydrogen (secondary N) is 1. The van der Waals surface area contributed by atoms with Gasteiger partial charge in [0, 0.05) is 29.1 Å². The Morgan fingerprint density at radius 2 is 2.21 bits per heavy atom. The summed E-state index contributed by atoms with van der Waals surface area (Å²) in [6.45, 7) is 0.934. The van der Waals surface area contributed by atoms with Gasteiger partial charge in [0.2, 0.25) is 0 Å². The van der Waals surface area contributed by atoms with Gasteiger partial charge >= 0.3 is 0 Å². The molecule has 14 heavy (non-hydrogen) atoms. The molecule has 5 heteroatoms. The van der Waals surface area contributed by atoms with Gasteiger partial charge in [-0.25, -0.2) is 4.98 Å². The Hall–Kier alpha value is -1.91. The zero-order chi connectivity index (χ0) is 9.54. The number of nitrogen functional groups attached to an aromatic ring is 1. The van der Waals surface area contributed by atoms with Crippen LogP contribution in [-0.2, 0) is 6.42 Å². The topological polar surface area (TPSA) is 76.7 Å². The van der Waals surface area contributed by atoms with Crippen LogP contribution in [0.3, 0.4) is 0 Å².